The molecule has 5 heteroatoms. The van der Waals surface area contributed by atoms with E-state index in [2.05, 4.69) is 28.4 Å². The first kappa shape index (κ1) is 19.7. The fourth-order valence-corrected chi connectivity index (χ4v) is 3.85. The van der Waals surface area contributed by atoms with Crippen molar-refractivity contribution in [3.8, 4) is 17.1 Å². The Morgan fingerprint density at radius 2 is 1.56 bits per heavy atom. The number of nitrogens with zero attached hydrogens (tertiary/aromatic N) is 3. The largest absolute Gasteiger partial charge is 0.319 e. The van der Waals surface area contributed by atoms with Crippen LogP contribution in [0.3, 0.4) is 0 Å². The van der Waals surface area contributed by atoms with Crippen molar-refractivity contribution >= 4 is 22.4 Å². The molecule has 1 heterocycles. The predicted octanol–water partition coefficient (Wildman–Crippen LogP) is 5.96. The van der Waals surface area contributed by atoms with E-state index in [1.807, 2.05) is 91.9 Å². The monoisotopic (exact) mass is 418 g/mol. The topological polar surface area (TPSA) is 59.8 Å². The highest BCUT2D eigenvalue weighted by molar-refractivity contribution is 6.03. The Balaban J connectivity index is 1.55. The number of aromatic nitrogens is 3. The summed E-state index contributed by atoms with van der Waals surface area (Å²) >= 11 is 0. The summed E-state index contributed by atoms with van der Waals surface area (Å²) in [6.07, 6.45) is 0. The van der Waals surface area contributed by atoms with Crippen LogP contribution in [0.5, 0.6) is 0 Å². The fourth-order valence-electron chi connectivity index (χ4n) is 3.85. The van der Waals surface area contributed by atoms with Crippen LogP contribution in [-0.4, -0.2) is 20.7 Å². The van der Waals surface area contributed by atoms with Gasteiger partial charge in [0, 0.05) is 11.3 Å². The molecule has 1 aromatic heterocycles. The van der Waals surface area contributed by atoms with Crippen molar-refractivity contribution < 1.29 is 4.79 Å². The maximum Gasteiger partial charge on any atom is 0.295 e. The third kappa shape index (κ3) is 3.76. The van der Waals surface area contributed by atoms with E-state index in [0.29, 0.717) is 11.5 Å². The zero-order valence-corrected chi connectivity index (χ0v) is 17.9. The molecule has 0 aliphatic carbocycles. The van der Waals surface area contributed by atoms with E-state index in [0.717, 1.165) is 27.6 Å². The minimum atomic E-state index is -0.346. The number of carbonyl (C=O) groups is 1. The van der Waals surface area contributed by atoms with Crippen molar-refractivity contribution in [2.45, 2.75) is 13.8 Å². The van der Waals surface area contributed by atoms with E-state index < -0.39 is 0 Å². The molecule has 1 amide bonds. The first-order valence-electron chi connectivity index (χ1n) is 10.5. The van der Waals surface area contributed by atoms with Crippen LogP contribution in [0.1, 0.15) is 21.7 Å². The summed E-state index contributed by atoms with van der Waals surface area (Å²) in [7, 11) is 0. The number of fused-ring (bicyclic) bond motifs is 1. The molecule has 0 atom stereocenters. The number of rotatable bonds is 4. The van der Waals surface area contributed by atoms with Gasteiger partial charge in [0.2, 0.25) is 5.82 Å². The Hall–Kier alpha value is -4.25. The van der Waals surface area contributed by atoms with Crippen LogP contribution in [0.4, 0.5) is 5.69 Å². The Morgan fingerprint density at radius 3 is 2.34 bits per heavy atom. The smallest absolute Gasteiger partial charge is 0.295 e. The van der Waals surface area contributed by atoms with Gasteiger partial charge in [-0.05, 0) is 48.4 Å². The Kier molecular flexibility index (Phi) is 5.00. The molecular formula is C27H22N4O. The zero-order valence-electron chi connectivity index (χ0n) is 17.9. The summed E-state index contributed by atoms with van der Waals surface area (Å²) in [5.74, 6) is 0.402. The number of amides is 1. The molecule has 32 heavy (non-hydrogen) atoms. The van der Waals surface area contributed by atoms with Gasteiger partial charge in [-0.1, -0.05) is 78.4 Å². The SMILES string of the molecule is Cc1ccc(-n2nc(C(=O)Nc3ccc4ccccc4c3)nc2-c2ccccc2)c(C)c1. The van der Waals surface area contributed by atoms with Crippen LogP contribution in [-0.2, 0) is 0 Å². The molecule has 4 aromatic carbocycles. The third-order valence-corrected chi connectivity index (χ3v) is 5.43. The third-order valence-electron chi connectivity index (χ3n) is 5.43. The molecule has 0 radical (unpaired) electrons. The molecule has 0 aliphatic heterocycles. The van der Waals surface area contributed by atoms with Gasteiger partial charge in [0.05, 0.1) is 5.69 Å². The second kappa shape index (κ2) is 8.12. The zero-order chi connectivity index (χ0) is 22.1. The lowest BCUT2D eigenvalue weighted by Gasteiger charge is -2.09. The first-order valence-corrected chi connectivity index (χ1v) is 10.5. The molecule has 0 bridgehead atoms. The quantitative estimate of drug-likeness (QED) is 0.392. The summed E-state index contributed by atoms with van der Waals surface area (Å²) < 4.78 is 1.75. The molecule has 5 aromatic rings. The predicted molar refractivity (Wildman–Crippen MR) is 128 cm³/mol. The maximum absolute atomic E-state index is 13.1. The lowest BCUT2D eigenvalue weighted by atomic mass is 10.1. The van der Waals surface area contributed by atoms with Crippen molar-refractivity contribution in [1.29, 1.82) is 0 Å². The lowest BCUT2D eigenvalue weighted by Crippen LogP contribution is -2.14. The summed E-state index contributed by atoms with van der Waals surface area (Å²) in [5, 5.41) is 9.72. The van der Waals surface area contributed by atoms with E-state index in [9.17, 15) is 4.79 Å². The minimum Gasteiger partial charge on any atom is -0.319 e. The van der Waals surface area contributed by atoms with Gasteiger partial charge >= 0.3 is 0 Å². The van der Waals surface area contributed by atoms with Crippen LogP contribution in [0.25, 0.3) is 27.8 Å². The summed E-state index contributed by atoms with van der Waals surface area (Å²) in [4.78, 5) is 17.7. The molecule has 5 nitrogen and oxygen atoms in total. The Bertz CT molecular complexity index is 1440. The molecule has 0 spiro atoms. The standard InChI is InChI=1S/C27H22N4O/c1-18-12-15-24(19(2)16-18)31-26(21-9-4-3-5-10-21)29-25(30-31)27(32)28-23-14-13-20-8-6-7-11-22(20)17-23/h3-17H,1-2H3,(H,28,32). The average molecular weight is 419 g/mol. The Morgan fingerprint density at radius 1 is 0.812 bits per heavy atom. The minimum absolute atomic E-state index is 0.122. The lowest BCUT2D eigenvalue weighted by molar-refractivity contribution is 0.101. The maximum atomic E-state index is 13.1. The van der Waals surface area contributed by atoms with Gasteiger partial charge in [0.1, 0.15) is 0 Å². The van der Waals surface area contributed by atoms with Gasteiger partial charge in [-0.3, -0.25) is 4.79 Å². The van der Waals surface area contributed by atoms with Crippen LogP contribution >= 0.6 is 0 Å². The number of aryl methyl sites for hydroxylation is 2. The molecule has 0 saturated carbocycles. The summed E-state index contributed by atoms with van der Waals surface area (Å²) in [5.41, 5.74) is 4.73. The van der Waals surface area contributed by atoms with Gasteiger partial charge in [-0.25, -0.2) is 9.67 Å². The number of carbonyl (C=O) groups excluding carboxylic acids is 1. The van der Waals surface area contributed by atoms with E-state index in [4.69, 9.17) is 0 Å². The van der Waals surface area contributed by atoms with Crippen LogP contribution in [0.15, 0.2) is 91.0 Å². The molecule has 1 N–H and O–H groups in total. The second-order valence-electron chi connectivity index (χ2n) is 7.84. The molecule has 156 valence electrons. The number of hydrogen-bond acceptors (Lipinski definition) is 3. The average Bonchev–Trinajstić information content (AvgIpc) is 3.25. The summed E-state index contributed by atoms with van der Waals surface area (Å²) in [6.45, 7) is 4.09. The normalized spacial score (nSPS) is 10.9. The fraction of sp³-hybridized carbons (Fsp3) is 0.0741. The van der Waals surface area contributed by atoms with E-state index in [1.165, 1.54) is 5.56 Å². The molecular weight excluding hydrogens is 396 g/mol. The van der Waals surface area contributed by atoms with Gasteiger partial charge < -0.3 is 5.32 Å². The number of anilines is 1. The van der Waals surface area contributed by atoms with Crippen LogP contribution in [0.2, 0.25) is 0 Å². The van der Waals surface area contributed by atoms with Gasteiger partial charge in [0.15, 0.2) is 5.82 Å². The van der Waals surface area contributed by atoms with Crippen LogP contribution < -0.4 is 5.32 Å². The van der Waals surface area contributed by atoms with Crippen molar-refractivity contribution in [1.82, 2.24) is 14.8 Å². The number of benzene rings is 4. The number of nitrogens with one attached hydrogen (secondary N) is 1. The number of hydrogen-bond donors (Lipinski definition) is 1. The second-order valence-corrected chi connectivity index (χ2v) is 7.84. The van der Waals surface area contributed by atoms with E-state index in [1.54, 1.807) is 4.68 Å². The van der Waals surface area contributed by atoms with Gasteiger partial charge in [-0.15, -0.1) is 5.10 Å². The van der Waals surface area contributed by atoms with Crippen molar-refractivity contribution in [3.63, 3.8) is 0 Å². The van der Waals surface area contributed by atoms with E-state index >= 15 is 0 Å². The molecule has 0 fully saturated rings. The highest BCUT2D eigenvalue weighted by Crippen LogP contribution is 2.24. The van der Waals surface area contributed by atoms with Crippen molar-refractivity contribution in [2.75, 3.05) is 5.32 Å². The van der Waals surface area contributed by atoms with Crippen molar-refractivity contribution in [2.24, 2.45) is 0 Å². The Labute approximate surface area is 186 Å². The van der Waals surface area contributed by atoms with E-state index in [-0.39, 0.29) is 11.7 Å². The highest BCUT2D eigenvalue weighted by Gasteiger charge is 2.20. The molecule has 0 unspecified atom stereocenters. The molecule has 0 aliphatic rings. The highest BCUT2D eigenvalue weighted by atomic mass is 16.2. The first-order chi connectivity index (χ1) is 15.6. The van der Waals surface area contributed by atoms with Gasteiger partial charge in [-0.2, -0.15) is 0 Å². The molecule has 0 saturated heterocycles. The van der Waals surface area contributed by atoms with Crippen LogP contribution in [0, 0.1) is 13.8 Å². The van der Waals surface area contributed by atoms with Gasteiger partial charge in [0.25, 0.3) is 5.91 Å². The van der Waals surface area contributed by atoms with Crippen molar-refractivity contribution in [3.05, 3.63) is 108 Å². The molecule has 5 rings (SSSR count). The summed E-state index contributed by atoms with van der Waals surface area (Å²) in [6, 6.07) is 29.8.